The smallest absolute Gasteiger partial charge is 0.124 e. The van der Waals surface area contributed by atoms with Gasteiger partial charge in [-0.3, -0.25) is 0 Å². The Balaban J connectivity index is 2.82. The van der Waals surface area contributed by atoms with Crippen LogP contribution in [0.5, 0.6) is 11.5 Å². The van der Waals surface area contributed by atoms with Gasteiger partial charge in [0.15, 0.2) is 0 Å². The summed E-state index contributed by atoms with van der Waals surface area (Å²) < 4.78 is 11.0. The summed E-state index contributed by atoms with van der Waals surface area (Å²) in [5.74, 6) is 1.71. The molecule has 0 aromatic heterocycles. The first-order valence-electron chi connectivity index (χ1n) is 6.57. The van der Waals surface area contributed by atoms with Gasteiger partial charge in [0.2, 0.25) is 0 Å². The van der Waals surface area contributed by atoms with Crippen molar-refractivity contribution in [2.75, 3.05) is 20.8 Å². The fourth-order valence-electron chi connectivity index (χ4n) is 1.54. The highest BCUT2D eigenvalue weighted by molar-refractivity contribution is 5.40. The molecule has 19 heavy (non-hydrogen) atoms. The van der Waals surface area contributed by atoms with Crippen LogP contribution in [-0.2, 0) is 6.54 Å². The van der Waals surface area contributed by atoms with Crippen molar-refractivity contribution in [3.05, 3.63) is 23.8 Å². The molecule has 1 atom stereocenters. The predicted octanol–water partition coefficient (Wildman–Crippen LogP) is 2.20. The predicted molar refractivity (Wildman–Crippen MR) is 76.7 cm³/mol. The highest BCUT2D eigenvalue weighted by atomic mass is 16.5. The van der Waals surface area contributed by atoms with E-state index in [1.165, 1.54) is 0 Å². The summed E-state index contributed by atoms with van der Waals surface area (Å²) in [5.41, 5.74) is 0.179. The number of benzene rings is 1. The van der Waals surface area contributed by atoms with Gasteiger partial charge in [0.05, 0.1) is 12.7 Å². The summed E-state index contributed by atoms with van der Waals surface area (Å²) in [4.78, 5) is 0. The fraction of sp³-hybridized carbons (Fsp3) is 0.600. The second-order valence-corrected chi connectivity index (χ2v) is 5.30. The van der Waals surface area contributed by atoms with E-state index in [2.05, 4.69) is 5.32 Å². The molecule has 108 valence electrons. The van der Waals surface area contributed by atoms with Gasteiger partial charge in [-0.2, -0.15) is 0 Å². The number of hydrogen-bond donors (Lipinski definition) is 2. The van der Waals surface area contributed by atoms with Crippen LogP contribution < -0.4 is 14.8 Å². The molecule has 0 radical (unpaired) electrons. The van der Waals surface area contributed by atoms with Gasteiger partial charge in [0, 0.05) is 12.1 Å². The first kappa shape index (κ1) is 15.8. The zero-order valence-corrected chi connectivity index (χ0v) is 12.5. The monoisotopic (exact) mass is 267 g/mol. The van der Waals surface area contributed by atoms with Crippen LogP contribution in [0.3, 0.4) is 0 Å². The second kappa shape index (κ2) is 6.78. The molecule has 2 N–H and O–H groups in total. The summed E-state index contributed by atoms with van der Waals surface area (Å²) in [6.07, 6.45) is 0. The van der Waals surface area contributed by atoms with Crippen molar-refractivity contribution in [2.24, 2.45) is 5.92 Å². The minimum Gasteiger partial charge on any atom is -0.497 e. The lowest BCUT2D eigenvalue weighted by atomic mass is 9.94. The summed E-state index contributed by atoms with van der Waals surface area (Å²) >= 11 is 0. The van der Waals surface area contributed by atoms with Crippen molar-refractivity contribution in [1.29, 1.82) is 0 Å². The van der Waals surface area contributed by atoms with Gasteiger partial charge >= 0.3 is 0 Å². The van der Waals surface area contributed by atoms with E-state index < -0.39 is 5.60 Å². The first-order chi connectivity index (χ1) is 8.90. The van der Waals surface area contributed by atoms with E-state index in [1.54, 1.807) is 14.0 Å². The highest BCUT2D eigenvalue weighted by Crippen LogP contribution is 2.26. The zero-order chi connectivity index (χ0) is 14.5. The Kier molecular flexibility index (Phi) is 5.63. The molecule has 4 nitrogen and oxygen atoms in total. The maximum Gasteiger partial charge on any atom is 0.124 e. The molecule has 0 heterocycles. The molecule has 0 bridgehead atoms. The molecule has 0 saturated heterocycles. The molecule has 4 heteroatoms. The van der Waals surface area contributed by atoms with Crippen LogP contribution in [0.4, 0.5) is 0 Å². The Labute approximate surface area is 115 Å². The zero-order valence-electron chi connectivity index (χ0n) is 12.5. The topological polar surface area (TPSA) is 50.7 Å². The van der Waals surface area contributed by atoms with E-state index in [0.29, 0.717) is 6.54 Å². The van der Waals surface area contributed by atoms with E-state index in [4.69, 9.17) is 9.47 Å². The van der Waals surface area contributed by atoms with Crippen molar-refractivity contribution in [1.82, 2.24) is 5.32 Å². The summed E-state index contributed by atoms with van der Waals surface area (Å²) in [7, 11) is 3.52. The van der Waals surface area contributed by atoms with E-state index >= 15 is 0 Å². The number of ether oxygens (including phenoxy) is 2. The summed E-state index contributed by atoms with van der Waals surface area (Å²) in [5, 5.41) is 13.3. The molecule has 1 unspecified atom stereocenters. The Morgan fingerprint density at radius 3 is 2.58 bits per heavy atom. The number of methoxy groups -OCH3 is 1. The van der Waals surface area contributed by atoms with Gasteiger partial charge in [0.25, 0.3) is 0 Å². The van der Waals surface area contributed by atoms with Crippen LogP contribution in [0.1, 0.15) is 26.3 Å². The van der Waals surface area contributed by atoms with Crippen LogP contribution >= 0.6 is 0 Å². The number of hydrogen-bond acceptors (Lipinski definition) is 4. The molecule has 0 saturated carbocycles. The van der Waals surface area contributed by atoms with Crippen molar-refractivity contribution in [2.45, 2.75) is 32.9 Å². The maximum absolute atomic E-state index is 10.2. The van der Waals surface area contributed by atoms with E-state index in [9.17, 15) is 5.11 Å². The van der Waals surface area contributed by atoms with Gasteiger partial charge < -0.3 is 19.9 Å². The van der Waals surface area contributed by atoms with Gasteiger partial charge in [-0.25, -0.2) is 0 Å². The first-order valence-corrected chi connectivity index (χ1v) is 6.57. The van der Waals surface area contributed by atoms with Crippen LogP contribution in [0, 0.1) is 5.92 Å². The summed E-state index contributed by atoms with van der Waals surface area (Å²) in [6.45, 7) is 6.71. The number of nitrogens with one attached hydrogen (secondary N) is 1. The Morgan fingerprint density at radius 2 is 2.05 bits per heavy atom. The molecule has 1 aromatic rings. The van der Waals surface area contributed by atoms with Gasteiger partial charge in [-0.05, 0) is 38.1 Å². The Bertz CT molecular complexity index is 402. The molecule has 0 spiro atoms. The quantitative estimate of drug-likeness (QED) is 0.795. The molecule has 0 aliphatic heterocycles. The molecule has 0 amide bonds. The maximum atomic E-state index is 10.2. The molecular weight excluding hydrogens is 242 g/mol. The lowest BCUT2D eigenvalue weighted by Gasteiger charge is -2.28. The largest absolute Gasteiger partial charge is 0.497 e. The molecule has 1 rings (SSSR count). The molecule has 0 fully saturated rings. The highest BCUT2D eigenvalue weighted by Gasteiger charge is 2.26. The van der Waals surface area contributed by atoms with Gasteiger partial charge in [0.1, 0.15) is 18.1 Å². The van der Waals surface area contributed by atoms with Crippen LogP contribution in [0.2, 0.25) is 0 Å². The summed E-state index contributed by atoms with van der Waals surface area (Å²) in [6, 6.07) is 5.68. The lowest BCUT2D eigenvalue weighted by Crippen LogP contribution is -2.38. The van der Waals surface area contributed by atoms with Gasteiger partial charge in [-0.1, -0.05) is 13.8 Å². The van der Waals surface area contributed by atoms with Crippen LogP contribution in [-0.4, -0.2) is 31.5 Å². The van der Waals surface area contributed by atoms with Crippen molar-refractivity contribution in [3.63, 3.8) is 0 Å². The van der Waals surface area contributed by atoms with Crippen molar-refractivity contribution >= 4 is 0 Å². The molecule has 0 aliphatic carbocycles. The lowest BCUT2D eigenvalue weighted by molar-refractivity contribution is -0.0268. The average Bonchev–Trinajstić information content (AvgIpc) is 2.37. The molecular formula is C15H25NO3. The van der Waals surface area contributed by atoms with Crippen LogP contribution in [0.15, 0.2) is 18.2 Å². The van der Waals surface area contributed by atoms with Gasteiger partial charge in [-0.15, -0.1) is 0 Å². The average molecular weight is 267 g/mol. The third-order valence-corrected chi connectivity index (χ3v) is 3.40. The minimum atomic E-state index is -0.836. The molecule has 0 aliphatic rings. The number of rotatable bonds is 7. The standard InChI is InChI=1S/C15H25NO3/c1-11(2)15(3,17)10-19-14-7-6-13(18-5)8-12(14)9-16-4/h6-8,11,16-17H,9-10H2,1-5H3. The SMILES string of the molecule is CNCc1cc(OC)ccc1OCC(C)(O)C(C)C. The van der Waals surface area contributed by atoms with E-state index in [-0.39, 0.29) is 12.5 Å². The second-order valence-electron chi connectivity index (χ2n) is 5.30. The Morgan fingerprint density at radius 1 is 1.37 bits per heavy atom. The van der Waals surface area contributed by atoms with Crippen molar-refractivity contribution in [3.8, 4) is 11.5 Å². The number of aliphatic hydroxyl groups is 1. The third kappa shape index (κ3) is 4.40. The Hall–Kier alpha value is -1.26. The van der Waals surface area contributed by atoms with Crippen LogP contribution in [0.25, 0.3) is 0 Å². The van der Waals surface area contributed by atoms with E-state index in [1.807, 2.05) is 39.1 Å². The molecule has 1 aromatic carbocycles. The van der Waals surface area contributed by atoms with E-state index in [0.717, 1.165) is 17.1 Å². The van der Waals surface area contributed by atoms with Crippen molar-refractivity contribution < 1.29 is 14.6 Å². The fourth-order valence-corrected chi connectivity index (χ4v) is 1.54. The normalized spacial score (nSPS) is 14.3. The minimum absolute atomic E-state index is 0.137. The third-order valence-electron chi connectivity index (χ3n) is 3.40.